The smallest absolute Gasteiger partial charge is 0.305 e. The Balaban J connectivity index is 2.26. The van der Waals surface area contributed by atoms with Crippen molar-refractivity contribution in [2.75, 3.05) is 0 Å². The second kappa shape index (κ2) is 16.1. The third-order valence-corrected chi connectivity index (χ3v) is 5.85. The largest absolute Gasteiger partial charge is 0.508 e. The van der Waals surface area contributed by atoms with Crippen LogP contribution >= 0.6 is 0 Å². The van der Waals surface area contributed by atoms with Gasteiger partial charge in [0.2, 0.25) is 23.6 Å². The lowest BCUT2D eigenvalue weighted by Gasteiger charge is -2.25. The summed E-state index contributed by atoms with van der Waals surface area (Å²) in [6.45, 7) is 1.18. The highest BCUT2D eigenvalue weighted by molar-refractivity contribution is 5.95. The Hall–Kier alpha value is -5.28. The Morgan fingerprint density at radius 1 is 0.857 bits per heavy atom. The quantitative estimate of drug-likeness (QED) is 0.0976. The fourth-order valence-electron chi connectivity index (χ4n) is 3.83. The van der Waals surface area contributed by atoms with Gasteiger partial charge in [0.1, 0.15) is 30.2 Å². The van der Waals surface area contributed by atoms with E-state index < -0.39 is 72.6 Å². The number of hydrogen-bond donors (Lipinski definition) is 8. The van der Waals surface area contributed by atoms with Crippen molar-refractivity contribution < 1.29 is 48.9 Å². The van der Waals surface area contributed by atoms with Crippen LogP contribution in [0.15, 0.2) is 36.8 Å². The standard InChI is InChI=1S/C26H32N6O10/c1-14(34)29-20(8-15-2-4-18(35)5-3-15)26(42)31-19(6-7-22(36)37)24(40)32-21(9-16-11-27-13-28-16)25(41)30-17(12-33)10-23(38)39/h2-5,11-13,17,19-21,35H,6-10H2,1H3,(H,27,28)(H,29,34)(H,30,41)(H,31,42)(H,32,40)(H,36,37)(H,38,39)/t17-,19-,20-,21-/m1/s1. The van der Waals surface area contributed by atoms with E-state index in [2.05, 4.69) is 31.2 Å². The summed E-state index contributed by atoms with van der Waals surface area (Å²) < 4.78 is 0. The van der Waals surface area contributed by atoms with E-state index in [0.717, 1.165) is 0 Å². The molecule has 4 amide bonds. The van der Waals surface area contributed by atoms with E-state index in [1.54, 1.807) is 0 Å². The number of aromatic nitrogens is 2. The number of nitrogens with zero attached hydrogens (tertiary/aromatic N) is 1. The summed E-state index contributed by atoms with van der Waals surface area (Å²) in [6.07, 6.45) is 1.09. The van der Waals surface area contributed by atoms with E-state index in [1.165, 1.54) is 43.7 Å². The number of aromatic hydroxyl groups is 1. The minimum atomic E-state index is -1.47. The maximum atomic E-state index is 13.3. The summed E-state index contributed by atoms with van der Waals surface area (Å²) in [5.74, 6) is -5.86. The van der Waals surface area contributed by atoms with Gasteiger partial charge in [-0.1, -0.05) is 12.1 Å². The zero-order valence-electron chi connectivity index (χ0n) is 22.5. The van der Waals surface area contributed by atoms with Gasteiger partial charge < -0.3 is 46.4 Å². The number of aromatic amines is 1. The summed E-state index contributed by atoms with van der Waals surface area (Å²) >= 11 is 0. The molecule has 8 N–H and O–H groups in total. The molecule has 226 valence electrons. The van der Waals surface area contributed by atoms with Gasteiger partial charge in [-0.25, -0.2) is 4.98 Å². The van der Waals surface area contributed by atoms with Crippen LogP contribution in [-0.2, 0) is 46.4 Å². The van der Waals surface area contributed by atoms with E-state index in [4.69, 9.17) is 5.11 Å². The molecule has 0 saturated carbocycles. The molecule has 0 radical (unpaired) electrons. The first-order valence-corrected chi connectivity index (χ1v) is 12.7. The fourth-order valence-corrected chi connectivity index (χ4v) is 3.83. The number of aldehydes is 1. The Morgan fingerprint density at radius 3 is 2.00 bits per heavy atom. The molecular formula is C26H32N6O10. The average molecular weight is 589 g/mol. The zero-order chi connectivity index (χ0) is 31.2. The van der Waals surface area contributed by atoms with E-state index in [-0.39, 0.29) is 31.3 Å². The van der Waals surface area contributed by atoms with Crippen molar-refractivity contribution in [3.8, 4) is 5.75 Å². The van der Waals surface area contributed by atoms with Crippen molar-refractivity contribution >= 4 is 41.9 Å². The molecule has 0 unspecified atom stereocenters. The molecule has 2 aromatic rings. The Bertz CT molecular complexity index is 1260. The minimum absolute atomic E-state index is 0.0131. The van der Waals surface area contributed by atoms with Crippen molar-refractivity contribution in [3.63, 3.8) is 0 Å². The van der Waals surface area contributed by atoms with Crippen molar-refractivity contribution in [1.82, 2.24) is 31.2 Å². The van der Waals surface area contributed by atoms with Gasteiger partial charge in [-0.3, -0.25) is 28.8 Å². The lowest BCUT2D eigenvalue weighted by atomic mass is 10.0. The molecule has 1 aromatic carbocycles. The molecule has 2 rings (SSSR count). The number of rotatable bonds is 17. The normalized spacial score (nSPS) is 13.5. The SMILES string of the molecule is CC(=O)N[C@H](Cc1ccc(O)cc1)C(=O)N[C@H](CCC(=O)O)C(=O)N[C@H](Cc1cnc[nH]1)C(=O)N[C@@H](C=O)CC(=O)O. The van der Waals surface area contributed by atoms with Crippen molar-refractivity contribution in [2.24, 2.45) is 0 Å². The molecule has 4 atom stereocenters. The van der Waals surface area contributed by atoms with E-state index in [9.17, 15) is 43.8 Å². The van der Waals surface area contributed by atoms with Crippen LogP contribution in [0.4, 0.5) is 0 Å². The summed E-state index contributed by atoms with van der Waals surface area (Å²) in [4.78, 5) is 91.4. The van der Waals surface area contributed by atoms with Gasteiger partial charge in [-0.2, -0.15) is 0 Å². The zero-order valence-corrected chi connectivity index (χ0v) is 22.5. The first-order chi connectivity index (χ1) is 19.9. The van der Waals surface area contributed by atoms with Crippen LogP contribution in [0.1, 0.15) is 37.4 Å². The van der Waals surface area contributed by atoms with Crippen molar-refractivity contribution in [2.45, 2.75) is 63.2 Å². The number of carboxylic acids is 2. The van der Waals surface area contributed by atoms with Gasteiger partial charge in [0.15, 0.2) is 0 Å². The number of benzene rings is 1. The highest BCUT2D eigenvalue weighted by atomic mass is 16.4. The van der Waals surface area contributed by atoms with Crippen LogP contribution < -0.4 is 21.3 Å². The maximum Gasteiger partial charge on any atom is 0.305 e. The van der Waals surface area contributed by atoms with E-state index in [0.29, 0.717) is 11.3 Å². The first-order valence-electron chi connectivity index (χ1n) is 12.7. The second-order valence-electron chi connectivity index (χ2n) is 9.31. The summed E-state index contributed by atoms with van der Waals surface area (Å²) in [6, 6.07) is 0.403. The van der Waals surface area contributed by atoms with Gasteiger partial charge >= 0.3 is 11.9 Å². The highest BCUT2D eigenvalue weighted by Crippen LogP contribution is 2.12. The Labute approximate surface area is 239 Å². The van der Waals surface area contributed by atoms with Gasteiger partial charge in [0.05, 0.1) is 18.8 Å². The number of carbonyl (C=O) groups excluding carboxylic acids is 5. The lowest BCUT2D eigenvalue weighted by molar-refractivity contribution is -0.140. The van der Waals surface area contributed by atoms with Gasteiger partial charge in [0.25, 0.3) is 0 Å². The maximum absolute atomic E-state index is 13.3. The third kappa shape index (κ3) is 11.4. The average Bonchev–Trinajstić information content (AvgIpc) is 3.43. The van der Waals surface area contributed by atoms with Crippen LogP contribution in [0.2, 0.25) is 0 Å². The molecule has 42 heavy (non-hydrogen) atoms. The molecular weight excluding hydrogens is 556 g/mol. The van der Waals surface area contributed by atoms with Gasteiger partial charge in [0, 0.05) is 38.1 Å². The predicted octanol–water partition coefficient (Wildman–Crippen LogP) is -1.60. The minimum Gasteiger partial charge on any atom is -0.508 e. The molecule has 0 aliphatic carbocycles. The molecule has 0 bridgehead atoms. The van der Waals surface area contributed by atoms with Crippen LogP contribution in [0.5, 0.6) is 5.75 Å². The number of amides is 4. The number of phenols is 1. The summed E-state index contributed by atoms with van der Waals surface area (Å²) in [7, 11) is 0. The third-order valence-electron chi connectivity index (χ3n) is 5.85. The molecule has 1 heterocycles. The molecule has 16 heteroatoms. The fraction of sp³-hybridized carbons (Fsp3) is 0.385. The van der Waals surface area contributed by atoms with Crippen molar-refractivity contribution in [1.29, 1.82) is 0 Å². The number of nitrogens with one attached hydrogen (secondary N) is 5. The lowest BCUT2D eigenvalue weighted by Crippen LogP contribution is -2.58. The number of carboxylic acid groups (broad SMARTS) is 2. The monoisotopic (exact) mass is 588 g/mol. The van der Waals surface area contributed by atoms with Crippen LogP contribution in [0, 0.1) is 0 Å². The molecule has 0 aliphatic heterocycles. The number of aliphatic carboxylic acids is 2. The number of H-pyrrole nitrogens is 1. The molecule has 0 saturated heterocycles. The molecule has 0 aliphatic rings. The summed E-state index contributed by atoms with van der Waals surface area (Å²) in [5.41, 5.74) is 0.956. The highest BCUT2D eigenvalue weighted by Gasteiger charge is 2.31. The number of hydrogen-bond acceptors (Lipinski definition) is 9. The first kappa shape index (κ1) is 32.9. The van der Waals surface area contributed by atoms with E-state index >= 15 is 0 Å². The van der Waals surface area contributed by atoms with Crippen LogP contribution in [-0.4, -0.2) is 91.3 Å². The summed E-state index contributed by atoms with van der Waals surface area (Å²) in [5, 5.41) is 37.2. The molecule has 1 aromatic heterocycles. The Kier molecular flexibility index (Phi) is 12.6. The number of phenolic OH excluding ortho intramolecular Hbond substituents is 1. The van der Waals surface area contributed by atoms with Crippen molar-refractivity contribution in [3.05, 3.63) is 48.0 Å². The molecule has 0 fully saturated rings. The van der Waals surface area contributed by atoms with Gasteiger partial charge in [-0.05, 0) is 24.1 Å². The van der Waals surface area contributed by atoms with E-state index in [1.807, 2.05) is 0 Å². The number of carbonyl (C=O) groups is 7. The topological polar surface area (TPSA) is 257 Å². The number of imidazole rings is 1. The van der Waals surface area contributed by atoms with Gasteiger partial charge in [-0.15, -0.1) is 0 Å². The predicted molar refractivity (Wildman–Crippen MR) is 143 cm³/mol. The molecule has 0 spiro atoms. The van der Waals surface area contributed by atoms with Crippen LogP contribution in [0.25, 0.3) is 0 Å². The van der Waals surface area contributed by atoms with Crippen LogP contribution in [0.3, 0.4) is 0 Å². The Morgan fingerprint density at radius 2 is 1.45 bits per heavy atom. The molecule has 16 nitrogen and oxygen atoms in total. The second-order valence-corrected chi connectivity index (χ2v) is 9.31.